The molecular formula is C26H28F4O. The van der Waals surface area contributed by atoms with Crippen LogP contribution >= 0.6 is 0 Å². The summed E-state index contributed by atoms with van der Waals surface area (Å²) >= 11 is 0. The lowest BCUT2D eigenvalue weighted by atomic mass is 9.79. The Labute approximate surface area is 181 Å². The SMILES string of the molecule is CCCc1cc(F)c(C#CC2CCC(CCc3ccc(OC(F)F)cc3)CC2)c(F)c1. The van der Waals surface area contributed by atoms with E-state index in [9.17, 15) is 17.6 Å². The molecule has 2 aromatic carbocycles. The van der Waals surface area contributed by atoms with Crippen LogP contribution in [0.5, 0.6) is 5.75 Å². The molecule has 31 heavy (non-hydrogen) atoms. The minimum Gasteiger partial charge on any atom is -0.435 e. The van der Waals surface area contributed by atoms with Gasteiger partial charge in [-0.2, -0.15) is 8.78 Å². The lowest BCUT2D eigenvalue weighted by Crippen LogP contribution is -2.14. The van der Waals surface area contributed by atoms with Crippen molar-refractivity contribution in [3.63, 3.8) is 0 Å². The van der Waals surface area contributed by atoms with Gasteiger partial charge in [0.15, 0.2) is 0 Å². The molecule has 0 atom stereocenters. The first-order chi connectivity index (χ1) is 14.9. The third-order valence-corrected chi connectivity index (χ3v) is 5.88. The first-order valence-corrected chi connectivity index (χ1v) is 11.0. The van der Waals surface area contributed by atoms with E-state index in [4.69, 9.17) is 0 Å². The summed E-state index contributed by atoms with van der Waals surface area (Å²) in [7, 11) is 0. The maximum atomic E-state index is 14.2. The molecule has 0 spiro atoms. The number of halogens is 4. The fraction of sp³-hybridized carbons (Fsp3) is 0.462. The van der Waals surface area contributed by atoms with Crippen molar-refractivity contribution in [3.05, 3.63) is 64.7 Å². The van der Waals surface area contributed by atoms with E-state index in [-0.39, 0.29) is 17.2 Å². The summed E-state index contributed by atoms with van der Waals surface area (Å²) in [4.78, 5) is 0. The van der Waals surface area contributed by atoms with Crippen molar-refractivity contribution in [1.29, 1.82) is 0 Å². The van der Waals surface area contributed by atoms with Crippen LogP contribution in [0.3, 0.4) is 0 Å². The summed E-state index contributed by atoms with van der Waals surface area (Å²) in [6.07, 6.45) is 7.32. The molecule has 0 saturated heterocycles. The number of hydrogen-bond donors (Lipinski definition) is 0. The highest BCUT2D eigenvalue weighted by atomic mass is 19.3. The Kier molecular flexibility index (Phi) is 8.40. The van der Waals surface area contributed by atoms with Gasteiger partial charge in [0.1, 0.15) is 17.4 Å². The number of aryl methyl sites for hydroxylation is 2. The molecule has 1 aliphatic carbocycles. The highest BCUT2D eigenvalue weighted by Crippen LogP contribution is 2.31. The van der Waals surface area contributed by atoms with Crippen molar-refractivity contribution < 1.29 is 22.3 Å². The van der Waals surface area contributed by atoms with Crippen LogP contribution in [0.1, 0.15) is 62.1 Å². The normalized spacial score (nSPS) is 18.5. The Morgan fingerprint density at radius 2 is 1.58 bits per heavy atom. The maximum absolute atomic E-state index is 14.2. The van der Waals surface area contributed by atoms with E-state index in [1.807, 2.05) is 19.1 Å². The first-order valence-electron chi connectivity index (χ1n) is 11.0. The molecule has 5 heteroatoms. The molecule has 2 aromatic rings. The van der Waals surface area contributed by atoms with Gasteiger partial charge in [0, 0.05) is 5.92 Å². The van der Waals surface area contributed by atoms with Crippen LogP contribution in [0, 0.1) is 35.3 Å². The van der Waals surface area contributed by atoms with Crippen LogP contribution in [-0.4, -0.2) is 6.61 Å². The molecule has 0 unspecified atom stereocenters. The van der Waals surface area contributed by atoms with Gasteiger partial charge in [-0.25, -0.2) is 8.78 Å². The molecule has 0 amide bonds. The molecule has 1 saturated carbocycles. The quantitative estimate of drug-likeness (QED) is 0.329. The van der Waals surface area contributed by atoms with E-state index < -0.39 is 18.2 Å². The van der Waals surface area contributed by atoms with Gasteiger partial charge >= 0.3 is 6.61 Å². The molecule has 0 N–H and O–H groups in total. The number of ether oxygens (including phenoxy) is 1. The minimum absolute atomic E-state index is 0.124. The van der Waals surface area contributed by atoms with E-state index in [1.54, 1.807) is 12.1 Å². The number of alkyl halides is 2. The lowest BCUT2D eigenvalue weighted by Gasteiger charge is -2.25. The van der Waals surface area contributed by atoms with E-state index in [0.717, 1.165) is 50.5 Å². The topological polar surface area (TPSA) is 9.23 Å². The predicted molar refractivity (Wildman–Crippen MR) is 114 cm³/mol. The lowest BCUT2D eigenvalue weighted by molar-refractivity contribution is -0.0498. The Hall–Kier alpha value is -2.48. The Bertz CT molecular complexity index is 880. The van der Waals surface area contributed by atoms with Crippen LogP contribution in [0.4, 0.5) is 17.6 Å². The third-order valence-electron chi connectivity index (χ3n) is 5.88. The van der Waals surface area contributed by atoms with Gasteiger partial charge in [-0.15, -0.1) is 0 Å². The molecular weight excluding hydrogens is 404 g/mol. The summed E-state index contributed by atoms with van der Waals surface area (Å²) < 4.78 is 57.2. The molecule has 0 aromatic heterocycles. The van der Waals surface area contributed by atoms with Crippen molar-refractivity contribution in [2.24, 2.45) is 11.8 Å². The van der Waals surface area contributed by atoms with Crippen molar-refractivity contribution in [3.8, 4) is 17.6 Å². The molecule has 0 aliphatic heterocycles. The van der Waals surface area contributed by atoms with Crippen LogP contribution in [0.15, 0.2) is 36.4 Å². The number of hydrogen-bond acceptors (Lipinski definition) is 1. The summed E-state index contributed by atoms with van der Waals surface area (Å²) in [5.74, 6) is 5.59. The summed E-state index contributed by atoms with van der Waals surface area (Å²) in [6.45, 7) is -0.834. The second-order valence-electron chi connectivity index (χ2n) is 8.23. The standard InChI is InChI=1S/C26H28F4O/c1-2-3-21-16-24(27)23(25(28)17-21)15-12-19-7-4-18(5-8-19)6-9-20-10-13-22(14-11-20)31-26(29)30/h10-11,13-14,16-19,26H,2-9H2,1H3. The van der Waals surface area contributed by atoms with Gasteiger partial charge in [0.05, 0.1) is 5.56 Å². The van der Waals surface area contributed by atoms with Crippen LogP contribution < -0.4 is 4.74 Å². The fourth-order valence-corrected chi connectivity index (χ4v) is 4.16. The molecule has 1 nitrogen and oxygen atoms in total. The first kappa shape index (κ1) is 23.2. The molecule has 3 rings (SSSR count). The highest BCUT2D eigenvalue weighted by molar-refractivity contribution is 5.39. The second-order valence-corrected chi connectivity index (χ2v) is 8.23. The molecule has 0 bridgehead atoms. The summed E-state index contributed by atoms with van der Waals surface area (Å²) in [6, 6.07) is 9.56. The zero-order valence-electron chi connectivity index (χ0n) is 17.8. The van der Waals surface area contributed by atoms with Gasteiger partial charge in [-0.1, -0.05) is 37.3 Å². The zero-order valence-corrected chi connectivity index (χ0v) is 17.8. The predicted octanol–water partition coefficient (Wildman–Crippen LogP) is 7.31. The van der Waals surface area contributed by atoms with Crippen molar-refractivity contribution in [2.75, 3.05) is 0 Å². The monoisotopic (exact) mass is 432 g/mol. The average Bonchev–Trinajstić information content (AvgIpc) is 2.73. The largest absolute Gasteiger partial charge is 0.435 e. The highest BCUT2D eigenvalue weighted by Gasteiger charge is 2.20. The van der Waals surface area contributed by atoms with Gasteiger partial charge < -0.3 is 4.74 Å². The fourth-order valence-electron chi connectivity index (χ4n) is 4.16. The van der Waals surface area contributed by atoms with Crippen molar-refractivity contribution >= 4 is 0 Å². The van der Waals surface area contributed by atoms with Crippen LogP contribution in [-0.2, 0) is 12.8 Å². The zero-order chi connectivity index (χ0) is 22.2. The Morgan fingerprint density at radius 3 is 2.16 bits per heavy atom. The van der Waals surface area contributed by atoms with Gasteiger partial charge in [-0.05, 0) is 86.3 Å². The Morgan fingerprint density at radius 1 is 0.935 bits per heavy atom. The van der Waals surface area contributed by atoms with E-state index in [2.05, 4.69) is 16.6 Å². The molecule has 166 valence electrons. The number of benzene rings is 2. The molecule has 1 fully saturated rings. The van der Waals surface area contributed by atoms with Crippen LogP contribution in [0.25, 0.3) is 0 Å². The molecule has 0 heterocycles. The Balaban J connectivity index is 1.47. The molecule has 1 aliphatic rings. The summed E-state index contributed by atoms with van der Waals surface area (Å²) in [5.41, 5.74) is 1.64. The molecule has 0 radical (unpaired) electrons. The summed E-state index contributed by atoms with van der Waals surface area (Å²) in [5, 5.41) is 0. The minimum atomic E-state index is -2.81. The second kappa shape index (κ2) is 11.2. The van der Waals surface area contributed by atoms with Crippen molar-refractivity contribution in [1.82, 2.24) is 0 Å². The maximum Gasteiger partial charge on any atom is 0.387 e. The van der Waals surface area contributed by atoms with E-state index >= 15 is 0 Å². The third kappa shape index (κ3) is 7.02. The van der Waals surface area contributed by atoms with Gasteiger partial charge in [0.2, 0.25) is 0 Å². The average molecular weight is 433 g/mol. The number of rotatable bonds is 7. The van der Waals surface area contributed by atoms with Gasteiger partial charge in [-0.3, -0.25) is 0 Å². The van der Waals surface area contributed by atoms with Crippen LogP contribution in [0.2, 0.25) is 0 Å². The smallest absolute Gasteiger partial charge is 0.387 e. The van der Waals surface area contributed by atoms with E-state index in [1.165, 1.54) is 12.1 Å². The van der Waals surface area contributed by atoms with Gasteiger partial charge in [0.25, 0.3) is 0 Å². The van der Waals surface area contributed by atoms with E-state index in [0.29, 0.717) is 17.9 Å². The van der Waals surface area contributed by atoms with Crippen molar-refractivity contribution in [2.45, 2.75) is 64.9 Å².